The number of amides is 1. The lowest BCUT2D eigenvalue weighted by molar-refractivity contribution is -0.384. The van der Waals surface area contributed by atoms with Gasteiger partial charge in [0, 0.05) is 24.2 Å². The molecule has 0 saturated heterocycles. The zero-order valence-electron chi connectivity index (χ0n) is 15.4. The van der Waals surface area contributed by atoms with E-state index < -0.39 is 10.8 Å². The van der Waals surface area contributed by atoms with E-state index >= 15 is 0 Å². The number of carbonyl (C=O) groups is 1. The second-order valence-electron chi connectivity index (χ2n) is 6.23. The van der Waals surface area contributed by atoms with Gasteiger partial charge in [-0.25, -0.2) is 0 Å². The van der Waals surface area contributed by atoms with Crippen LogP contribution in [-0.2, 0) is 7.05 Å². The number of hydrogen-bond acceptors (Lipinski definition) is 5. The molecule has 9 heteroatoms. The Kier molecular flexibility index (Phi) is 5.32. The van der Waals surface area contributed by atoms with Gasteiger partial charge in [-0.2, -0.15) is 5.10 Å². The molecule has 1 aromatic heterocycles. The van der Waals surface area contributed by atoms with Crippen LogP contribution in [0.2, 0.25) is 5.02 Å². The van der Waals surface area contributed by atoms with Crippen LogP contribution < -0.4 is 10.1 Å². The molecular weight excluding hydrogens is 384 g/mol. The summed E-state index contributed by atoms with van der Waals surface area (Å²) in [5.74, 6) is 0.290. The first kappa shape index (κ1) is 19.4. The summed E-state index contributed by atoms with van der Waals surface area (Å²) in [6.07, 6.45) is 0. The first-order valence-electron chi connectivity index (χ1n) is 8.28. The van der Waals surface area contributed by atoms with E-state index in [9.17, 15) is 14.9 Å². The van der Waals surface area contributed by atoms with E-state index in [0.29, 0.717) is 22.2 Å². The molecule has 0 saturated carbocycles. The maximum Gasteiger partial charge on any atom is 0.275 e. The number of halogens is 1. The SMILES string of the molecule is Cc1cc(C(=O)Nc2cc(Oc3ccc(Cl)cc3C)cc([N+](=O)[O-])c2)n(C)n1. The van der Waals surface area contributed by atoms with Crippen LogP contribution in [0, 0.1) is 24.0 Å². The largest absolute Gasteiger partial charge is 0.457 e. The van der Waals surface area contributed by atoms with Gasteiger partial charge in [0.05, 0.1) is 22.4 Å². The van der Waals surface area contributed by atoms with E-state index in [0.717, 1.165) is 5.56 Å². The van der Waals surface area contributed by atoms with E-state index in [4.69, 9.17) is 16.3 Å². The highest BCUT2D eigenvalue weighted by atomic mass is 35.5. The normalized spacial score (nSPS) is 10.6. The predicted octanol–water partition coefficient (Wildman–Crippen LogP) is 4.64. The molecule has 3 aromatic rings. The number of anilines is 1. The summed E-state index contributed by atoms with van der Waals surface area (Å²) in [4.78, 5) is 23.2. The quantitative estimate of drug-likeness (QED) is 0.496. The van der Waals surface area contributed by atoms with Crippen LogP contribution in [0.5, 0.6) is 11.5 Å². The lowest BCUT2D eigenvalue weighted by Gasteiger charge is -2.11. The Balaban J connectivity index is 1.92. The van der Waals surface area contributed by atoms with Crippen molar-refractivity contribution in [3.05, 3.63) is 74.6 Å². The molecule has 1 amide bonds. The first-order valence-corrected chi connectivity index (χ1v) is 8.66. The number of nitro benzene ring substituents is 1. The highest BCUT2D eigenvalue weighted by Crippen LogP contribution is 2.32. The third-order valence-corrected chi connectivity index (χ3v) is 4.19. The average molecular weight is 401 g/mol. The Hall–Kier alpha value is -3.39. The van der Waals surface area contributed by atoms with Crippen molar-refractivity contribution in [1.82, 2.24) is 9.78 Å². The van der Waals surface area contributed by atoms with Gasteiger partial charge in [-0.05, 0) is 43.7 Å². The summed E-state index contributed by atoms with van der Waals surface area (Å²) >= 11 is 5.94. The number of benzene rings is 2. The van der Waals surface area contributed by atoms with Gasteiger partial charge in [-0.15, -0.1) is 0 Å². The maximum absolute atomic E-state index is 12.5. The van der Waals surface area contributed by atoms with E-state index in [1.54, 1.807) is 38.2 Å². The van der Waals surface area contributed by atoms with Gasteiger partial charge in [-0.3, -0.25) is 19.6 Å². The summed E-state index contributed by atoms with van der Waals surface area (Å²) in [6, 6.07) is 10.8. The Labute approximate surface area is 165 Å². The second-order valence-corrected chi connectivity index (χ2v) is 6.67. The highest BCUT2D eigenvalue weighted by molar-refractivity contribution is 6.30. The van der Waals surface area contributed by atoms with E-state index in [2.05, 4.69) is 10.4 Å². The smallest absolute Gasteiger partial charge is 0.275 e. The van der Waals surface area contributed by atoms with Crippen molar-refractivity contribution in [3.8, 4) is 11.5 Å². The number of nitrogens with zero attached hydrogens (tertiary/aromatic N) is 3. The van der Waals surface area contributed by atoms with Crippen LogP contribution in [0.1, 0.15) is 21.7 Å². The standard InChI is InChI=1S/C19H17ClN4O4/c1-11-6-13(20)4-5-18(11)28-16-9-14(8-15(10-16)24(26)27)21-19(25)17-7-12(2)22-23(17)3/h4-10H,1-3H3,(H,21,25). The van der Waals surface area contributed by atoms with E-state index in [1.165, 1.54) is 22.9 Å². The molecule has 0 aliphatic carbocycles. The number of nitrogens with one attached hydrogen (secondary N) is 1. The Morgan fingerprint density at radius 3 is 2.57 bits per heavy atom. The lowest BCUT2D eigenvalue weighted by Crippen LogP contribution is -2.16. The molecule has 0 spiro atoms. The average Bonchev–Trinajstić information content (AvgIpc) is 2.95. The minimum atomic E-state index is -0.550. The van der Waals surface area contributed by atoms with Gasteiger partial charge in [0.15, 0.2) is 0 Å². The molecule has 1 heterocycles. The number of nitro groups is 1. The van der Waals surface area contributed by atoms with Crippen LogP contribution >= 0.6 is 11.6 Å². The molecule has 0 unspecified atom stereocenters. The lowest BCUT2D eigenvalue weighted by atomic mass is 10.2. The molecule has 0 bridgehead atoms. The summed E-state index contributed by atoms with van der Waals surface area (Å²) in [7, 11) is 1.65. The number of aryl methyl sites for hydroxylation is 3. The fourth-order valence-electron chi connectivity index (χ4n) is 2.69. The molecule has 0 atom stereocenters. The second kappa shape index (κ2) is 7.69. The fraction of sp³-hybridized carbons (Fsp3) is 0.158. The molecule has 3 rings (SSSR count). The van der Waals surface area contributed by atoms with Crippen LogP contribution in [0.4, 0.5) is 11.4 Å². The first-order chi connectivity index (χ1) is 13.2. The van der Waals surface area contributed by atoms with Gasteiger partial charge < -0.3 is 10.1 Å². The summed E-state index contributed by atoms with van der Waals surface area (Å²) < 4.78 is 7.22. The van der Waals surface area contributed by atoms with Crippen molar-refractivity contribution in [1.29, 1.82) is 0 Å². The molecule has 2 aromatic carbocycles. The monoisotopic (exact) mass is 400 g/mol. The summed E-state index contributed by atoms with van der Waals surface area (Å²) in [5, 5.41) is 18.6. The molecule has 8 nitrogen and oxygen atoms in total. The zero-order chi connectivity index (χ0) is 20.4. The van der Waals surface area contributed by atoms with Crippen molar-refractivity contribution in [3.63, 3.8) is 0 Å². The molecule has 0 aliphatic heterocycles. The molecule has 144 valence electrons. The third-order valence-electron chi connectivity index (χ3n) is 3.96. The van der Waals surface area contributed by atoms with Crippen LogP contribution in [0.25, 0.3) is 0 Å². The molecule has 0 aliphatic rings. The number of carbonyl (C=O) groups excluding carboxylic acids is 1. The summed E-state index contributed by atoms with van der Waals surface area (Å²) in [6.45, 7) is 3.58. The Bertz CT molecular complexity index is 1080. The van der Waals surface area contributed by atoms with Crippen LogP contribution in [0.15, 0.2) is 42.5 Å². The van der Waals surface area contributed by atoms with Crippen molar-refractivity contribution in [2.45, 2.75) is 13.8 Å². The molecule has 0 fully saturated rings. The minimum absolute atomic E-state index is 0.208. The number of non-ortho nitro benzene ring substituents is 1. The number of rotatable bonds is 5. The van der Waals surface area contributed by atoms with Crippen LogP contribution in [-0.4, -0.2) is 20.6 Å². The van der Waals surface area contributed by atoms with Gasteiger partial charge in [0.2, 0.25) is 0 Å². The maximum atomic E-state index is 12.5. The zero-order valence-corrected chi connectivity index (χ0v) is 16.1. The summed E-state index contributed by atoms with van der Waals surface area (Å²) in [5.41, 5.74) is 1.82. The predicted molar refractivity (Wildman–Crippen MR) is 105 cm³/mol. The van der Waals surface area contributed by atoms with Crippen molar-refractivity contribution >= 4 is 28.9 Å². The molecular formula is C19H17ClN4O4. The molecule has 28 heavy (non-hydrogen) atoms. The topological polar surface area (TPSA) is 99.3 Å². The number of aromatic nitrogens is 2. The van der Waals surface area contributed by atoms with E-state index in [1.807, 2.05) is 6.92 Å². The van der Waals surface area contributed by atoms with Gasteiger partial charge in [0.1, 0.15) is 17.2 Å². The third kappa shape index (κ3) is 4.29. The van der Waals surface area contributed by atoms with Gasteiger partial charge in [0.25, 0.3) is 11.6 Å². The highest BCUT2D eigenvalue weighted by Gasteiger charge is 2.16. The molecule has 0 radical (unpaired) electrons. The van der Waals surface area contributed by atoms with Gasteiger partial charge >= 0.3 is 0 Å². The Morgan fingerprint density at radius 1 is 1.21 bits per heavy atom. The van der Waals surface area contributed by atoms with Gasteiger partial charge in [-0.1, -0.05) is 11.6 Å². The number of hydrogen-bond donors (Lipinski definition) is 1. The fourth-order valence-corrected chi connectivity index (χ4v) is 2.92. The number of ether oxygens (including phenoxy) is 1. The van der Waals surface area contributed by atoms with Crippen molar-refractivity contribution in [2.75, 3.05) is 5.32 Å². The minimum Gasteiger partial charge on any atom is -0.457 e. The van der Waals surface area contributed by atoms with Crippen molar-refractivity contribution in [2.24, 2.45) is 7.05 Å². The Morgan fingerprint density at radius 2 is 1.96 bits per heavy atom. The van der Waals surface area contributed by atoms with Crippen LogP contribution in [0.3, 0.4) is 0 Å². The van der Waals surface area contributed by atoms with Crippen molar-refractivity contribution < 1.29 is 14.5 Å². The molecule has 1 N–H and O–H groups in total. The van der Waals surface area contributed by atoms with E-state index in [-0.39, 0.29) is 17.1 Å².